The first kappa shape index (κ1) is 14.8. The van der Waals surface area contributed by atoms with Gasteiger partial charge in [0.1, 0.15) is 4.90 Å². The normalized spacial score (nSPS) is 11.7. The molecule has 0 spiro atoms. The fourth-order valence-corrected chi connectivity index (χ4v) is 2.83. The van der Waals surface area contributed by atoms with Crippen molar-refractivity contribution in [3.63, 3.8) is 0 Å². The average Bonchev–Trinajstić information content (AvgIpc) is 2.73. The van der Waals surface area contributed by atoms with Gasteiger partial charge < -0.3 is 9.88 Å². The van der Waals surface area contributed by atoms with E-state index >= 15 is 0 Å². The highest BCUT2D eigenvalue weighted by molar-refractivity contribution is 7.89. The number of aromatic nitrogens is 1. The smallest absolute Gasteiger partial charge is 0.245 e. The third-order valence-electron chi connectivity index (χ3n) is 2.68. The van der Waals surface area contributed by atoms with Crippen LogP contribution in [0, 0.1) is 12.3 Å². The molecular weight excluding hydrogens is 250 g/mol. The van der Waals surface area contributed by atoms with Gasteiger partial charge in [-0.05, 0) is 20.0 Å². The molecule has 1 N–H and O–H groups in total. The number of terminal acetylenes is 1. The molecule has 0 aliphatic carbocycles. The van der Waals surface area contributed by atoms with Gasteiger partial charge in [-0.3, -0.25) is 0 Å². The van der Waals surface area contributed by atoms with Crippen molar-refractivity contribution >= 4 is 10.0 Å². The van der Waals surface area contributed by atoms with Gasteiger partial charge in [0.25, 0.3) is 0 Å². The summed E-state index contributed by atoms with van der Waals surface area (Å²) >= 11 is 0. The highest BCUT2D eigenvalue weighted by atomic mass is 32.2. The van der Waals surface area contributed by atoms with E-state index in [0.717, 1.165) is 12.2 Å². The third kappa shape index (κ3) is 2.93. The Kier molecular flexibility index (Phi) is 4.96. The zero-order chi connectivity index (χ0) is 13.8. The minimum absolute atomic E-state index is 0.0704. The summed E-state index contributed by atoms with van der Waals surface area (Å²) in [6.07, 6.45) is 6.79. The van der Waals surface area contributed by atoms with Gasteiger partial charge in [0.15, 0.2) is 0 Å². The molecule has 0 aromatic carbocycles. The van der Waals surface area contributed by atoms with Crippen molar-refractivity contribution in [3.8, 4) is 12.3 Å². The van der Waals surface area contributed by atoms with Gasteiger partial charge in [0.2, 0.25) is 10.0 Å². The second-order valence-electron chi connectivity index (χ2n) is 3.95. The van der Waals surface area contributed by atoms with Crippen molar-refractivity contribution in [2.75, 3.05) is 20.6 Å². The first-order valence-electron chi connectivity index (χ1n) is 5.70. The molecule has 0 aliphatic rings. The zero-order valence-electron chi connectivity index (χ0n) is 11.0. The van der Waals surface area contributed by atoms with E-state index in [1.165, 1.54) is 11.4 Å². The Morgan fingerprint density at radius 3 is 2.72 bits per heavy atom. The van der Waals surface area contributed by atoms with Gasteiger partial charge in [-0.25, -0.2) is 8.42 Å². The highest BCUT2D eigenvalue weighted by Crippen LogP contribution is 2.18. The van der Waals surface area contributed by atoms with Crippen LogP contribution in [-0.2, 0) is 23.1 Å². The maximum Gasteiger partial charge on any atom is 0.245 e. The molecule has 5 nitrogen and oxygen atoms in total. The van der Waals surface area contributed by atoms with E-state index in [1.807, 2.05) is 18.5 Å². The van der Waals surface area contributed by atoms with E-state index in [2.05, 4.69) is 11.2 Å². The summed E-state index contributed by atoms with van der Waals surface area (Å²) in [6.45, 7) is 3.40. The van der Waals surface area contributed by atoms with Crippen LogP contribution in [0.2, 0.25) is 0 Å². The molecule has 0 bridgehead atoms. The standard InChI is InChI=1S/C12H19N3O2S/c1-5-7-14(4)18(16,17)12-8-11(9-13-3)15(6-2)10-12/h1,8,10,13H,6-7,9H2,2-4H3. The van der Waals surface area contributed by atoms with Crippen molar-refractivity contribution in [2.24, 2.45) is 0 Å². The van der Waals surface area contributed by atoms with E-state index in [-0.39, 0.29) is 11.4 Å². The molecule has 1 rings (SSSR count). The van der Waals surface area contributed by atoms with E-state index < -0.39 is 10.0 Å². The molecule has 1 heterocycles. The topological polar surface area (TPSA) is 54.3 Å². The van der Waals surface area contributed by atoms with Crippen LogP contribution in [0.3, 0.4) is 0 Å². The number of rotatable bonds is 6. The molecule has 0 saturated carbocycles. The number of nitrogens with one attached hydrogen (secondary N) is 1. The second-order valence-corrected chi connectivity index (χ2v) is 5.99. The van der Waals surface area contributed by atoms with Gasteiger partial charge in [0, 0.05) is 32.0 Å². The summed E-state index contributed by atoms with van der Waals surface area (Å²) in [5, 5.41) is 3.02. The minimum Gasteiger partial charge on any atom is -0.349 e. The quantitative estimate of drug-likeness (QED) is 0.764. The molecular formula is C12H19N3O2S. The highest BCUT2D eigenvalue weighted by Gasteiger charge is 2.22. The number of hydrogen-bond donors (Lipinski definition) is 1. The van der Waals surface area contributed by atoms with Crippen molar-refractivity contribution in [1.82, 2.24) is 14.2 Å². The molecule has 0 atom stereocenters. The Hall–Kier alpha value is -1.29. The maximum atomic E-state index is 12.2. The lowest BCUT2D eigenvalue weighted by Gasteiger charge is -2.12. The van der Waals surface area contributed by atoms with Crippen molar-refractivity contribution in [2.45, 2.75) is 24.9 Å². The van der Waals surface area contributed by atoms with Crippen LogP contribution in [0.5, 0.6) is 0 Å². The first-order chi connectivity index (χ1) is 8.47. The molecule has 0 radical (unpaired) electrons. The molecule has 0 saturated heterocycles. The van der Waals surface area contributed by atoms with Crippen LogP contribution < -0.4 is 5.32 Å². The van der Waals surface area contributed by atoms with E-state index in [9.17, 15) is 8.42 Å². The van der Waals surface area contributed by atoms with Gasteiger partial charge in [0.05, 0.1) is 6.54 Å². The van der Waals surface area contributed by atoms with Crippen LogP contribution in [0.25, 0.3) is 0 Å². The lowest BCUT2D eigenvalue weighted by atomic mass is 10.4. The minimum atomic E-state index is -3.49. The molecule has 1 aromatic rings. The lowest BCUT2D eigenvalue weighted by molar-refractivity contribution is 0.503. The Morgan fingerprint density at radius 2 is 2.22 bits per heavy atom. The summed E-state index contributed by atoms with van der Waals surface area (Å²) in [5.74, 6) is 2.33. The molecule has 1 aromatic heterocycles. The van der Waals surface area contributed by atoms with Crippen molar-refractivity contribution in [3.05, 3.63) is 18.0 Å². The molecule has 0 aliphatic heterocycles. The van der Waals surface area contributed by atoms with Gasteiger partial charge >= 0.3 is 0 Å². The van der Waals surface area contributed by atoms with Crippen LogP contribution in [0.1, 0.15) is 12.6 Å². The van der Waals surface area contributed by atoms with Gasteiger partial charge in [-0.15, -0.1) is 6.42 Å². The third-order valence-corrected chi connectivity index (χ3v) is 4.45. The average molecular weight is 269 g/mol. The van der Waals surface area contributed by atoms with E-state index in [1.54, 1.807) is 12.3 Å². The molecule has 0 amide bonds. The summed E-state index contributed by atoms with van der Waals surface area (Å²) in [7, 11) is -0.182. The SMILES string of the molecule is C#CCN(C)S(=O)(=O)c1cc(CNC)n(CC)c1. The second kappa shape index (κ2) is 6.05. The van der Waals surface area contributed by atoms with E-state index in [4.69, 9.17) is 6.42 Å². The summed E-state index contributed by atoms with van der Waals surface area (Å²) in [4.78, 5) is 0.285. The van der Waals surface area contributed by atoms with Crippen molar-refractivity contribution in [1.29, 1.82) is 0 Å². The number of nitrogens with zero attached hydrogens (tertiary/aromatic N) is 2. The van der Waals surface area contributed by atoms with Gasteiger partial charge in [-0.2, -0.15) is 4.31 Å². The van der Waals surface area contributed by atoms with Crippen LogP contribution in [0.4, 0.5) is 0 Å². The lowest BCUT2D eigenvalue weighted by Crippen LogP contribution is -2.26. The predicted octanol–water partition coefficient (Wildman–Crippen LogP) is 0.481. The van der Waals surface area contributed by atoms with Crippen LogP contribution >= 0.6 is 0 Å². The number of hydrogen-bond acceptors (Lipinski definition) is 3. The molecule has 0 unspecified atom stereocenters. The Bertz CT molecular complexity index is 540. The Balaban J connectivity index is 3.14. The first-order valence-corrected chi connectivity index (χ1v) is 7.14. The Morgan fingerprint density at radius 1 is 1.56 bits per heavy atom. The monoisotopic (exact) mass is 269 g/mol. The molecule has 100 valence electrons. The summed E-state index contributed by atoms with van der Waals surface area (Å²) in [6, 6.07) is 1.68. The summed E-state index contributed by atoms with van der Waals surface area (Å²) in [5.41, 5.74) is 0.938. The maximum absolute atomic E-state index is 12.2. The molecule has 6 heteroatoms. The van der Waals surface area contributed by atoms with E-state index in [0.29, 0.717) is 6.54 Å². The van der Waals surface area contributed by atoms with Crippen LogP contribution in [-0.4, -0.2) is 37.9 Å². The number of sulfonamides is 1. The molecule has 0 fully saturated rings. The largest absolute Gasteiger partial charge is 0.349 e. The zero-order valence-corrected chi connectivity index (χ0v) is 11.8. The predicted molar refractivity (Wildman–Crippen MR) is 71.5 cm³/mol. The van der Waals surface area contributed by atoms with Gasteiger partial charge in [-0.1, -0.05) is 5.92 Å². The fraction of sp³-hybridized carbons (Fsp3) is 0.500. The van der Waals surface area contributed by atoms with Crippen LogP contribution in [0.15, 0.2) is 17.2 Å². The fourth-order valence-electron chi connectivity index (χ4n) is 1.68. The number of aryl methyl sites for hydroxylation is 1. The van der Waals surface area contributed by atoms with Crippen molar-refractivity contribution < 1.29 is 8.42 Å². The Labute approximate surface area is 109 Å². The summed E-state index contributed by atoms with van der Waals surface area (Å²) < 4.78 is 27.5. The molecule has 18 heavy (non-hydrogen) atoms.